The topological polar surface area (TPSA) is 12.0 Å². The van der Waals surface area contributed by atoms with Crippen LogP contribution in [-0.2, 0) is 0 Å². The molecule has 0 aromatic heterocycles. The predicted octanol–water partition coefficient (Wildman–Crippen LogP) is 3.85. The lowest BCUT2D eigenvalue weighted by molar-refractivity contribution is 0.412. The zero-order valence-electron chi connectivity index (χ0n) is 11.1. The van der Waals surface area contributed by atoms with Crippen LogP contribution in [0.3, 0.4) is 0 Å². The summed E-state index contributed by atoms with van der Waals surface area (Å²) in [5.41, 5.74) is 0. The Balaban J connectivity index is 2.24. The van der Waals surface area contributed by atoms with Gasteiger partial charge in [0, 0.05) is 11.3 Å². The van der Waals surface area contributed by atoms with E-state index in [9.17, 15) is 0 Å². The largest absolute Gasteiger partial charge is 0.315 e. The third kappa shape index (κ3) is 4.14. The summed E-state index contributed by atoms with van der Waals surface area (Å²) >= 11 is 2.03. The molecule has 1 unspecified atom stereocenters. The van der Waals surface area contributed by atoms with Gasteiger partial charge >= 0.3 is 0 Å². The predicted molar refractivity (Wildman–Crippen MR) is 76.2 cm³/mol. The first-order valence-corrected chi connectivity index (χ1v) is 7.89. The molecule has 0 aromatic carbocycles. The summed E-state index contributed by atoms with van der Waals surface area (Å²) in [7, 11) is 0. The second-order valence-electron chi connectivity index (χ2n) is 4.88. The Bertz CT molecular complexity index is 201. The van der Waals surface area contributed by atoms with Gasteiger partial charge in [-0.05, 0) is 50.8 Å². The quantitative estimate of drug-likeness (QED) is 0.679. The zero-order chi connectivity index (χ0) is 11.9. The number of hydrogen-bond donors (Lipinski definition) is 1. The van der Waals surface area contributed by atoms with E-state index in [4.69, 9.17) is 0 Å². The lowest BCUT2D eigenvalue weighted by Crippen LogP contribution is -2.38. The van der Waals surface area contributed by atoms with Crippen molar-refractivity contribution < 1.29 is 0 Å². The number of hydrogen-bond acceptors (Lipinski definition) is 2. The summed E-state index contributed by atoms with van der Waals surface area (Å²) in [5, 5.41) is 3.69. The van der Waals surface area contributed by atoms with Crippen LogP contribution in [0.15, 0.2) is 12.2 Å². The number of thioether (sulfide) groups is 1. The summed E-state index contributed by atoms with van der Waals surface area (Å²) in [4.78, 5) is 0. The minimum Gasteiger partial charge on any atom is -0.315 e. The lowest BCUT2D eigenvalue weighted by atomic mass is 9.94. The summed E-state index contributed by atoms with van der Waals surface area (Å²) in [6, 6.07) is 0. The first kappa shape index (κ1) is 14.1. The smallest absolute Gasteiger partial charge is 0.0276 e. The van der Waals surface area contributed by atoms with Crippen molar-refractivity contribution in [2.24, 2.45) is 5.92 Å². The lowest BCUT2D eigenvalue weighted by Gasteiger charge is -2.31. The van der Waals surface area contributed by atoms with Crippen LogP contribution < -0.4 is 5.32 Å². The first-order valence-electron chi connectivity index (χ1n) is 6.67. The SMILES string of the molecule is CCC(CC)(CNCC1CC=CCC1)SC. The molecule has 1 aliphatic carbocycles. The van der Waals surface area contributed by atoms with Crippen molar-refractivity contribution in [3.05, 3.63) is 12.2 Å². The molecule has 16 heavy (non-hydrogen) atoms. The van der Waals surface area contributed by atoms with Crippen molar-refractivity contribution in [3.63, 3.8) is 0 Å². The van der Waals surface area contributed by atoms with Gasteiger partial charge in [-0.3, -0.25) is 0 Å². The van der Waals surface area contributed by atoms with E-state index in [2.05, 4.69) is 37.6 Å². The summed E-state index contributed by atoms with van der Waals surface area (Å²) < 4.78 is 0.463. The molecule has 0 radical (unpaired) electrons. The highest BCUT2D eigenvalue weighted by atomic mass is 32.2. The van der Waals surface area contributed by atoms with E-state index in [0.717, 1.165) is 5.92 Å². The fraction of sp³-hybridized carbons (Fsp3) is 0.857. The fourth-order valence-electron chi connectivity index (χ4n) is 2.41. The molecule has 1 N–H and O–H groups in total. The van der Waals surface area contributed by atoms with Crippen LogP contribution >= 0.6 is 11.8 Å². The maximum atomic E-state index is 3.69. The van der Waals surface area contributed by atoms with E-state index in [1.54, 1.807) is 0 Å². The van der Waals surface area contributed by atoms with Crippen molar-refractivity contribution in [1.82, 2.24) is 5.32 Å². The van der Waals surface area contributed by atoms with E-state index < -0.39 is 0 Å². The molecule has 1 atom stereocenters. The molecule has 0 saturated heterocycles. The molecule has 2 heteroatoms. The number of nitrogens with one attached hydrogen (secondary N) is 1. The highest BCUT2D eigenvalue weighted by Gasteiger charge is 2.24. The van der Waals surface area contributed by atoms with E-state index in [1.165, 1.54) is 45.2 Å². The van der Waals surface area contributed by atoms with Crippen LogP contribution in [0, 0.1) is 5.92 Å². The van der Waals surface area contributed by atoms with Gasteiger partial charge in [0.1, 0.15) is 0 Å². The fourth-order valence-corrected chi connectivity index (χ4v) is 3.23. The van der Waals surface area contributed by atoms with Crippen LogP contribution in [-0.4, -0.2) is 24.1 Å². The van der Waals surface area contributed by atoms with Crippen molar-refractivity contribution in [2.45, 2.75) is 50.7 Å². The van der Waals surface area contributed by atoms with E-state index in [1.807, 2.05) is 11.8 Å². The standard InChI is InChI=1S/C14H27NS/c1-4-14(5-2,16-3)12-15-11-13-9-7-6-8-10-13/h6-7,13,15H,4-5,8-12H2,1-3H3. The molecular weight excluding hydrogens is 214 g/mol. The van der Waals surface area contributed by atoms with Crippen molar-refractivity contribution >= 4 is 11.8 Å². The molecule has 1 nitrogen and oxygen atoms in total. The van der Waals surface area contributed by atoms with Gasteiger partial charge in [-0.25, -0.2) is 0 Å². The molecule has 0 fully saturated rings. The molecule has 1 rings (SSSR count). The molecule has 0 saturated carbocycles. The van der Waals surface area contributed by atoms with Crippen molar-refractivity contribution in [1.29, 1.82) is 0 Å². The second kappa shape index (κ2) is 7.39. The van der Waals surface area contributed by atoms with Crippen LogP contribution in [0.2, 0.25) is 0 Å². The van der Waals surface area contributed by atoms with E-state index >= 15 is 0 Å². The monoisotopic (exact) mass is 241 g/mol. The van der Waals surface area contributed by atoms with Crippen molar-refractivity contribution in [3.8, 4) is 0 Å². The molecule has 0 aromatic rings. The molecule has 0 heterocycles. The van der Waals surface area contributed by atoms with Gasteiger partial charge < -0.3 is 5.32 Å². The average Bonchev–Trinajstić information content (AvgIpc) is 2.37. The Labute approximate surface area is 105 Å². The molecule has 0 amide bonds. The Morgan fingerprint density at radius 2 is 2.06 bits per heavy atom. The molecular formula is C14H27NS. The Morgan fingerprint density at radius 1 is 1.31 bits per heavy atom. The van der Waals surface area contributed by atoms with E-state index in [-0.39, 0.29) is 0 Å². The minimum absolute atomic E-state index is 0.463. The maximum absolute atomic E-state index is 3.69. The highest BCUT2D eigenvalue weighted by molar-refractivity contribution is 8.00. The van der Waals surface area contributed by atoms with Gasteiger partial charge in [-0.1, -0.05) is 26.0 Å². The molecule has 94 valence electrons. The molecule has 0 spiro atoms. The third-order valence-electron chi connectivity index (χ3n) is 3.98. The van der Waals surface area contributed by atoms with Gasteiger partial charge in [0.2, 0.25) is 0 Å². The van der Waals surface area contributed by atoms with Crippen molar-refractivity contribution in [2.75, 3.05) is 19.3 Å². The van der Waals surface area contributed by atoms with Crippen LogP contribution in [0.5, 0.6) is 0 Å². The summed E-state index contributed by atoms with van der Waals surface area (Å²) in [6.07, 6.45) is 13.4. The van der Waals surface area contributed by atoms with Gasteiger partial charge in [0.25, 0.3) is 0 Å². The highest BCUT2D eigenvalue weighted by Crippen LogP contribution is 2.29. The summed E-state index contributed by atoms with van der Waals surface area (Å²) in [5.74, 6) is 0.873. The van der Waals surface area contributed by atoms with Crippen LogP contribution in [0.4, 0.5) is 0 Å². The first-order chi connectivity index (χ1) is 7.76. The van der Waals surface area contributed by atoms with Crippen LogP contribution in [0.1, 0.15) is 46.0 Å². The van der Waals surface area contributed by atoms with Crippen LogP contribution in [0.25, 0.3) is 0 Å². The van der Waals surface area contributed by atoms with Gasteiger partial charge in [-0.15, -0.1) is 0 Å². The molecule has 1 aliphatic rings. The normalized spacial score (nSPS) is 21.3. The zero-order valence-corrected chi connectivity index (χ0v) is 11.9. The molecule has 0 aliphatic heterocycles. The van der Waals surface area contributed by atoms with Gasteiger partial charge in [0.15, 0.2) is 0 Å². The Kier molecular flexibility index (Phi) is 6.52. The third-order valence-corrected chi connectivity index (χ3v) is 5.57. The second-order valence-corrected chi connectivity index (χ2v) is 6.15. The average molecular weight is 241 g/mol. The Morgan fingerprint density at radius 3 is 2.56 bits per heavy atom. The maximum Gasteiger partial charge on any atom is 0.0276 e. The molecule has 0 bridgehead atoms. The number of allylic oxidation sites excluding steroid dienone is 2. The van der Waals surface area contributed by atoms with E-state index in [0.29, 0.717) is 4.75 Å². The van der Waals surface area contributed by atoms with Gasteiger partial charge in [-0.2, -0.15) is 11.8 Å². The Hall–Kier alpha value is 0.0500. The van der Waals surface area contributed by atoms with Gasteiger partial charge in [0.05, 0.1) is 0 Å². The summed E-state index contributed by atoms with van der Waals surface area (Å²) in [6.45, 7) is 6.99. The number of rotatable bonds is 7. The minimum atomic E-state index is 0.463.